The van der Waals surface area contributed by atoms with Crippen molar-refractivity contribution in [1.82, 2.24) is 0 Å². The van der Waals surface area contributed by atoms with E-state index in [0.717, 1.165) is 0 Å². The first kappa shape index (κ1) is 12.7. The summed E-state index contributed by atoms with van der Waals surface area (Å²) in [6.45, 7) is -0.117. The minimum absolute atomic E-state index is 0.117. The maximum absolute atomic E-state index is 13.0. The predicted octanol–water partition coefficient (Wildman–Crippen LogP) is 1.49. The van der Waals surface area contributed by atoms with Crippen LogP contribution < -0.4 is 5.73 Å². The van der Waals surface area contributed by atoms with Crippen molar-refractivity contribution in [3.8, 4) is 0 Å². The summed E-state index contributed by atoms with van der Waals surface area (Å²) in [5, 5.41) is 18.4. The second-order valence-corrected chi connectivity index (χ2v) is 3.86. The van der Waals surface area contributed by atoms with Crippen LogP contribution >= 0.6 is 23.2 Å². The Morgan fingerprint density at radius 3 is 2.13 bits per heavy atom. The smallest absolute Gasteiger partial charge is 0.160 e. The van der Waals surface area contributed by atoms with Gasteiger partial charge in [-0.15, -0.1) is 0 Å². The van der Waals surface area contributed by atoms with Gasteiger partial charge in [0.15, 0.2) is 5.82 Å². The highest BCUT2D eigenvalue weighted by molar-refractivity contribution is 6.35. The number of aliphatic hydroxyl groups excluding tert-OH is 2. The van der Waals surface area contributed by atoms with E-state index in [1.165, 1.54) is 12.1 Å². The van der Waals surface area contributed by atoms with Crippen molar-refractivity contribution >= 4 is 23.2 Å². The van der Waals surface area contributed by atoms with E-state index in [9.17, 15) is 14.6 Å². The number of rotatable bonds is 3. The predicted molar refractivity (Wildman–Crippen MR) is 56.4 cm³/mol. The lowest BCUT2D eigenvalue weighted by molar-refractivity contribution is 0.0243. The second kappa shape index (κ2) is 5.09. The molecule has 0 spiro atoms. The highest BCUT2D eigenvalue weighted by Crippen LogP contribution is 2.28. The minimum Gasteiger partial charge on any atom is -0.389 e. The lowest BCUT2D eigenvalue weighted by Gasteiger charge is -2.17. The average Bonchev–Trinajstić information content (AvgIpc) is 2.23. The van der Waals surface area contributed by atoms with E-state index in [1.807, 2.05) is 0 Å². The number of aliphatic hydroxyl groups is 2. The molecular weight excluding hydrogens is 244 g/mol. The van der Waals surface area contributed by atoms with E-state index in [1.54, 1.807) is 0 Å². The first-order valence-electron chi connectivity index (χ1n) is 4.18. The van der Waals surface area contributed by atoms with Crippen molar-refractivity contribution < 1.29 is 14.6 Å². The molecular formula is C9H10Cl2FNO2. The van der Waals surface area contributed by atoms with Crippen molar-refractivity contribution in [1.29, 1.82) is 0 Å². The van der Waals surface area contributed by atoms with Gasteiger partial charge in [0.2, 0.25) is 0 Å². The maximum Gasteiger partial charge on any atom is 0.160 e. The molecule has 0 radical (unpaired) electrons. The van der Waals surface area contributed by atoms with E-state index in [-0.39, 0.29) is 22.2 Å². The van der Waals surface area contributed by atoms with E-state index >= 15 is 0 Å². The van der Waals surface area contributed by atoms with Crippen LogP contribution in [0, 0.1) is 5.82 Å². The summed E-state index contributed by atoms with van der Waals surface area (Å²) in [5.74, 6) is -0.753. The molecule has 2 unspecified atom stereocenters. The molecule has 6 heteroatoms. The molecule has 3 nitrogen and oxygen atoms in total. The first-order chi connectivity index (χ1) is 6.97. The van der Waals surface area contributed by atoms with Gasteiger partial charge >= 0.3 is 0 Å². The minimum atomic E-state index is -1.23. The number of hydrogen-bond donors (Lipinski definition) is 3. The fourth-order valence-corrected chi connectivity index (χ4v) is 1.60. The zero-order valence-electron chi connectivity index (χ0n) is 7.62. The zero-order valence-corrected chi connectivity index (χ0v) is 9.13. The van der Waals surface area contributed by atoms with Gasteiger partial charge in [-0.3, -0.25) is 0 Å². The van der Waals surface area contributed by atoms with Crippen LogP contribution in [0.4, 0.5) is 4.39 Å². The van der Waals surface area contributed by atoms with Crippen LogP contribution in [0.15, 0.2) is 12.1 Å². The van der Waals surface area contributed by atoms with Gasteiger partial charge < -0.3 is 15.9 Å². The van der Waals surface area contributed by atoms with Crippen LogP contribution in [0.5, 0.6) is 0 Å². The van der Waals surface area contributed by atoms with Gasteiger partial charge in [-0.1, -0.05) is 23.2 Å². The molecule has 0 amide bonds. The first-order valence-corrected chi connectivity index (χ1v) is 4.93. The van der Waals surface area contributed by atoms with Crippen LogP contribution in [0.25, 0.3) is 0 Å². The third-order valence-electron chi connectivity index (χ3n) is 1.95. The van der Waals surface area contributed by atoms with Gasteiger partial charge in [-0.2, -0.15) is 0 Å². The summed E-state index contributed by atoms with van der Waals surface area (Å²) in [4.78, 5) is 0. The number of benzene rings is 1. The normalized spacial score (nSPS) is 15.1. The molecule has 1 rings (SSSR count). The highest BCUT2D eigenvalue weighted by atomic mass is 35.5. The van der Waals surface area contributed by atoms with E-state index in [4.69, 9.17) is 28.9 Å². The van der Waals surface area contributed by atoms with E-state index in [0.29, 0.717) is 0 Å². The topological polar surface area (TPSA) is 66.5 Å². The summed E-state index contributed by atoms with van der Waals surface area (Å²) in [6, 6.07) is 2.40. The maximum atomic E-state index is 13.0. The van der Waals surface area contributed by atoms with Crippen LogP contribution in [-0.4, -0.2) is 22.9 Å². The molecule has 4 N–H and O–H groups in total. The third kappa shape index (κ3) is 2.80. The lowest BCUT2D eigenvalue weighted by atomic mass is 10.0. The number of nitrogens with two attached hydrogens (primary N) is 1. The van der Waals surface area contributed by atoms with Crippen LogP contribution in [-0.2, 0) is 0 Å². The molecule has 0 aliphatic heterocycles. The summed E-state index contributed by atoms with van der Waals surface area (Å²) in [7, 11) is 0. The molecule has 0 fully saturated rings. The van der Waals surface area contributed by atoms with Gasteiger partial charge in [0.05, 0.1) is 16.1 Å². The number of hydrogen-bond acceptors (Lipinski definition) is 3. The SMILES string of the molecule is NCC(O)C(O)c1cc(Cl)c(F)c(Cl)c1. The fraction of sp³-hybridized carbons (Fsp3) is 0.333. The molecule has 0 aliphatic carbocycles. The summed E-state index contributed by atoms with van der Waals surface area (Å²) >= 11 is 11.1. The molecule has 2 atom stereocenters. The van der Waals surface area contributed by atoms with Crippen LogP contribution in [0.3, 0.4) is 0 Å². The Balaban J connectivity index is 3.06. The summed E-state index contributed by atoms with van der Waals surface area (Å²) in [5.41, 5.74) is 5.39. The molecule has 1 aromatic rings. The average molecular weight is 254 g/mol. The van der Waals surface area contributed by atoms with E-state index in [2.05, 4.69) is 0 Å². The van der Waals surface area contributed by atoms with Gasteiger partial charge in [-0.05, 0) is 17.7 Å². The molecule has 1 aromatic carbocycles. The molecule has 84 valence electrons. The summed E-state index contributed by atoms with van der Waals surface area (Å²) in [6.07, 6.45) is -2.37. The Kier molecular flexibility index (Phi) is 4.31. The Labute approximate surface area is 96.2 Å². The number of halogens is 3. The van der Waals surface area contributed by atoms with Crippen LogP contribution in [0.1, 0.15) is 11.7 Å². The Morgan fingerprint density at radius 2 is 1.73 bits per heavy atom. The molecule has 0 aromatic heterocycles. The second-order valence-electron chi connectivity index (χ2n) is 3.05. The molecule has 0 saturated carbocycles. The standard InChI is InChI=1S/C9H10Cl2FNO2/c10-5-1-4(2-6(11)8(5)12)9(15)7(14)3-13/h1-2,7,9,14-15H,3,13H2. The van der Waals surface area contributed by atoms with Gasteiger partial charge in [0.25, 0.3) is 0 Å². The quantitative estimate of drug-likeness (QED) is 0.716. The monoisotopic (exact) mass is 253 g/mol. The lowest BCUT2D eigenvalue weighted by Crippen LogP contribution is -2.27. The van der Waals surface area contributed by atoms with Crippen molar-refractivity contribution in [2.24, 2.45) is 5.73 Å². The molecule has 15 heavy (non-hydrogen) atoms. The van der Waals surface area contributed by atoms with Crippen molar-refractivity contribution in [2.45, 2.75) is 12.2 Å². The molecule has 0 aliphatic rings. The van der Waals surface area contributed by atoms with Crippen molar-refractivity contribution in [2.75, 3.05) is 6.54 Å². The molecule has 0 bridgehead atoms. The van der Waals surface area contributed by atoms with Gasteiger partial charge in [0, 0.05) is 6.54 Å². The van der Waals surface area contributed by atoms with Gasteiger partial charge in [0.1, 0.15) is 6.10 Å². The summed E-state index contributed by atoms with van der Waals surface area (Å²) < 4.78 is 13.0. The Hall–Kier alpha value is -0.390. The van der Waals surface area contributed by atoms with Gasteiger partial charge in [-0.25, -0.2) is 4.39 Å². The Bertz CT molecular complexity index is 339. The van der Waals surface area contributed by atoms with E-state index < -0.39 is 18.0 Å². The highest BCUT2D eigenvalue weighted by Gasteiger charge is 2.19. The molecule has 0 saturated heterocycles. The third-order valence-corrected chi connectivity index (χ3v) is 2.50. The van der Waals surface area contributed by atoms with Crippen LogP contribution in [0.2, 0.25) is 10.0 Å². The Morgan fingerprint density at radius 1 is 1.27 bits per heavy atom. The van der Waals surface area contributed by atoms with Crippen molar-refractivity contribution in [3.63, 3.8) is 0 Å². The molecule has 0 heterocycles. The largest absolute Gasteiger partial charge is 0.389 e. The zero-order chi connectivity index (χ0) is 11.6. The fourth-order valence-electron chi connectivity index (χ4n) is 1.10. The van der Waals surface area contributed by atoms with Crippen molar-refractivity contribution in [3.05, 3.63) is 33.6 Å².